The molecule has 1 aromatic heterocycles. The van der Waals surface area contributed by atoms with Crippen molar-refractivity contribution in [1.82, 2.24) is 9.88 Å². The molecule has 1 saturated heterocycles. The first-order chi connectivity index (χ1) is 8.15. The molecule has 2 heterocycles. The summed E-state index contributed by atoms with van der Waals surface area (Å²) in [5.41, 5.74) is 0.493. The number of aromatic nitrogens is 1. The molecule has 0 aliphatic carbocycles. The lowest BCUT2D eigenvalue weighted by Gasteiger charge is -2.29. The Morgan fingerprint density at radius 2 is 2.41 bits per heavy atom. The molecule has 1 aliphatic heterocycles. The number of piperidine rings is 1. The summed E-state index contributed by atoms with van der Waals surface area (Å²) in [5.74, 6) is -0.292. The fourth-order valence-corrected chi connectivity index (χ4v) is 2.32. The van der Waals surface area contributed by atoms with Gasteiger partial charge in [0.1, 0.15) is 6.10 Å². The minimum Gasteiger partial charge on any atom is -0.457 e. The Kier molecular flexibility index (Phi) is 4.12. The van der Waals surface area contributed by atoms with Crippen LogP contribution in [0.25, 0.3) is 0 Å². The van der Waals surface area contributed by atoms with Crippen LogP contribution in [0.4, 0.5) is 0 Å². The van der Waals surface area contributed by atoms with E-state index in [1.54, 1.807) is 12.3 Å². The molecule has 17 heavy (non-hydrogen) atoms. The lowest BCUT2D eigenvalue weighted by molar-refractivity contribution is 0.0108. The van der Waals surface area contributed by atoms with Crippen LogP contribution in [-0.4, -0.2) is 42.1 Å². The van der Waals surface area contributed by atoms with Crippen LogP contribution in [-0.2, 0) is 4.74 Å². The fourth-order valence-electron chi connectivity index (χ4n) is 1.96. The summed E-state index contributed by atoms with van der Waals surface area (Å²) in [4.78, 5) is 18.0. The van der Waals surface area contributed by atoms with Crippen molar-refractivity contribution in [3.8, 4) is 0 Å². The lowest BCUT2D eigenvalue weighted by atomic mass is 10.1. The first-order valence-corrected chi connectivity index (χ1v) is 6.44. The molecule has 0 radical (unpaired) electrons. The molecule has 1 atom stereocenters. The summed E-state index contributed by atoms with van der Waals surface area (Å²) in [6, 6.07) is 1.72. The normalized spacial score (nSPS) is 21.2. The SMILES string of the molecule is CN1CCC[C@H](OC(=O)c2cncc(Br)c2)C1. The highest BCUT2D eigenvalue weighted by atomic mass is 79.9. The number of hydrogen-bond acceptors (Lipinski definition) is 4. The van der Waals surface area contributed by atoms with E-state index in [0.29, 0.717) is 5.56 Å². The highest BCUT2D eigenvalue weighted by molar-refractivity contribution is 9.10. The van der Waals surface area contributed by atoms with Crippen LogP contribution in [0.3, 0.4) is 0 Å². The number of likely N-dealkylation sites (tertiary alicyclic amines) is 1. The van der Waals surface area contributed by atoms with Crippen LogP contribution in [0, 0.1) is 0 Å². The second-order valence-electron chi connectivity index (χ2n) is 4.32. The molecule has 4 nitrogen and oxygen atoms in total. The third kappa shape index (κ3) is 3.51. The van der Waals surface area contributed by atoms with Crippen molar-refractivity contribution in [2.24, 2.45) is 0 Å². The van der Waals surface area contributed by atoms with Gasteiger partial charge < -0.3 is 9.64 Å². The third-order valence-corrected chi connectivity index (χ3v) is 3.23. The number of carbonyl (C=O) groups excluding carboxylic acids is 1. The number of pyridine rings is 1. The molecule has 2 rings (SSSR count). The van der Waals surface area contributed by atoms with E-state index in [1.807, 2.05) is 7.05 Å². The minimum atomic E-state index is -0.292. The molecule has 0 N–H and O–H groups in total. The van der Waals surface area contributed by atoms with Gasteiger partial charge in [0.25, 0.3) is 0 Å². The maximum atomic E-state index is 11.9. The van der Waals surface area contributed by atoms with E-state index in [2.05, 4.69) is 25.8 Å². The summed E-state index contributed by atoms with van der Waals surface area (Å²) in [7, 11) is 2.04. The number of ether oxygens (including phenoxy) is 1. The van der Waals surface area contributed by atoms with Crippen LogP contribution < -0.4 is 0 Å². The second kappa shape index (κ2) is 5.60. The monoisotopic (exact) mass is 298 g/mol. The van der Waals surface area contributed by atoms with Gasteiger partial charge in [-0.1, -0.05) is 0 Å². The average molecular weight is 299 g/mol. The standard InChI is InChI=1S/C12H15BrN2O2/c1-15-4-2-3-11(8-15)17-12(16)9-5-10(13)7-14-6-9/h5-7,11H,2-4,8H2,1H3/t11-/m0/s1. The van der Waals surface area contributed by atoms with Crippen LogP contribution in [0.15, 0.2) is 22.9 Å². The Bertz CT molecular complexity index is 411. The molecule has 0 bridgehead atoms. The fraction of sp³-hybridized carbons (Fsp3) is 0.500. The molecule has 1 fully saturated rings. The highest BCUT2D eigenvalue weighted by Crippen LogP contribution is 2.15. The van der Waals surface area contributed by atoms with Gasteiger partial charge in [-0.05, 0) is 48.4 Å². The van der Waals surface area contributed by atoms with Gasteiger partial charge in [0.15, 0.2) is 0 Å². The average Bonchev–Trinajstić information content (AvgIpc) is 2.29. The molecule has 0 aromatic carbocycles. The van der Waals surface area contributed by atoms with E-state index in [4.69, 9.17) is 4.74 Å². The van der Waals surface area contributed by atoms with Gasteiger partial charge in [0, 0.05) is 23.4 Å². The van der Waals surface area contributed by atoms with Crippen molar-refractivity contribution in [2.75, 3.05) is 20.1 Å². The molecule has 0 spiro atoms. The van der Waals surface area contributed by atoms with Gasteiger partial charge in [0.05, 0.1) is 5.56 Å². The number of esters is 1. The summed E-state index contributed by atoms with van der Waals surface area (Å²) in [6.45, 7) is 1.89. The van der Waals surface area contributed by atoms with Crippen molar-refractivity contribution < 1.29 is 9.53 Å². The molecular formula is C12H15BrN2O2. The van der Waals surface area contributed by atoms with E-state index in [-0.39, 0.29) is 12.1 Å². The molecular weight excluding hydrogens is 284 g/mol. The van der Waals surface area contributed by atoms with Gasteiger partial charge in [0.2, 0.25) is 0 Å². The summed E-state index contributed by atoms with van der Waals surface area (Å²) < 4.78 is 6.25. The second-order valence-corrected chi connectivity index (χ2v) is 5.24. The molecule has 5 heteroatoms. The predicted molar refractivity (Wildman–Crippen MR) is 67.9 cm³/mol. The Morgan fingerprint density at radius 1 is 1.59 bits per heavy atom. The summed E-state index contributed by atoms with van der Waals surface area (Å²) in [5, 5.41) is 0. The number of likely N-dealkylation sites (N-methyl/N-ethyl adjacent to an activating group) is 1. The molecule has 1 aromatic rings. The van der Waals surface area contributed by atoms with Crippen LogP contribution >= 0.6 is 15.9 Å². The largest absolute Gasteiger partial charge is 0.457 e. The molecule has 0 unspecified atom stereocenters. The van der Waals surface area contributed by atoms with E-state index < -0.39 is 0 Å². The minimum absolute atomic E-state index is 0.000214. The Labute approximate surface area is 109 Å². The Morgan fingerprint density at radius 3 is 3.12 bits per heavy atom. The van der Waals surface area contributed by atoms with Crippen LogP contribution in [0.1, 0.15) is 23.2 Å². The van der Waals surface area contributed by atoms with Gasteiger partial charge >= 0.3 is 5.97 Å². The lowest BCUT2D eigenvalue weighted by Crippen LogP contribution is -2.38. The Balaban J connectivity index is 1.97. The summed E-state index contributed by atoms with van der Waals surface area (Å²) in [6.07, 6.45) is 5.19. The molecule has 0 saturated carbocycles. The molecule has 92 valence electrons. The predicted octanol–water partition coefficient (Wildman–Crippen LogP) is 2.10. The first kappa shape index (κ1) is 12.5. The summed E-state index contributed by atoms with van der Waals surface area (Å²) >= 11 is 3.29. The van der Waals surface area contributed by atoms with Gasteiger partial charge in [-0.2, -0.15) is 0 Å². The van der Waals surface area contributed by atoms with Crippen molar-refractivity contribution in [3.05, 3.63) is 28.5 Å². The van der Waals surface area contributed by atoms with Crippen molar-refractivity contribution in [2.45, 2.75) is 18.9 Å². The zero-order valence-electron chi connectivity index (χ0n) is 9.73. The maximum Gasteiger partial charge on any atom is 0.340 e. The van der Waals surface area contributed by atoms with Crippen molar-refractivity contribution >= 4 is 21.9 Å². The van der Waals surface area contributed by atoms with E-state index in [0.717, 1.165) is 30.4 Å². The Hall–Kier alpha value is -0.940. The quantitative estimate of drug-likeness (QED) is 0.784. The molecule has 1 aliphatic rings. The van der Waals surface area contributed by atoms with Crippen LogP contribution in [0.2, 0.25) is 0 Å². The van der Waals surface area contributed by atoms with E-state index in [1.165, 1.54) is 6.20 Å². The van der Waals surface area contributed by atoms with Gasteiger partial charge in [-0.15, -0.1) is 0 Å². The third-order valence-electron chi connectivity index (χ3n) is 2.80. The number of rotatable bonds is 2. The smallest absolute Gasteiger partial charge is 0.340 e. The topological polar surface area (TPSA) is 42.4 Å². The number of nitrogens with zero attached hydrogens (tertiary/aromatic N) is 2. The van der Waals surface area contributed by atoms with E-state index >= 15 is 0 Å². The maximum absolute atomic E-state index is 11.9. The first-order valence-electron chi connectivity index (χ1n) is 5.65. The van der Waals surface area contributed by atoms with E-state index in [9.17, 15) is 4.79 Å². The number of halogens is 1. The van der Waals surface area contributed by atoms with Crippen molar-refractivity contribution in [3.63, 3.8) is 0 Å². The van der Waals surface area contributed by atoms with Crippen LogP contribution in [0.5, 0.6) is 0 Å². The van der Waals surface area contributed by atoms with Crippen molar-refractivity contribution in [1.29, 1.82) is 0 Å². The van der Waals surface area contributed by atoms with Gasteiger partial charge in [-0.25, -0.2) is 4.79 Å². The zero-order chi connectivity index (χ0) is 12.3. The number of carbonyl (C=O) groups is 1. The number of hydrogen-bond donors (Lipinski definition) is 0. The zero-order valence-corrected chi connectivity index (χ0v) is 11.3. The molecule has 0 amide bonds. The van der Waals surface area contributed by atoms with Gasteiger partial charge in [-0.3, -0.25) is 4.98 Å². The highest BCUT2D eigenvalue weighted by Gasteiger charge is 2.21.